The van der Waals surface area contributed by atoms with Crippen molar-refractivity contribution >= 4 is 57.8 Å². The van der Waals surface area contributed by atoms with Gasteiger partial charge in [0.15, 0.2) is 0 Å². The van der Waals surface area contributed by atoms with Crippen LogP contribution in [-0.2, 0) is 90.7 Å². The first kappa shape index (κ1) is 86.9. The molecular weight excluding hydrogens is 1610 g/mol. The van der Waals surface area contributed by atoms with Gasteiger partial charge >= 0.3 is 0 Å². The van der Waals surface area contributed by atoms with Crippen LogP contribution < -0.4 is 27.8 Å². The number of carbonyl (C=O) groups is 4. The first-order chi connectivity index (χ1) is 61.4. The number of nitrogens with zero attached hydrogens (tertiary/aromatic N) is 15. The molecule has 127 heavy (non-hydrogen) atoms. The largest absolute Gasteiger partial charge is 0.397 e. The van der Waals surface area contributed by atoms with Crippen molar-refractivity contribution in [3.63, 3.8) is 0 Å². The summed E-state index contributed by atoms with van der Waals surface area (Å²) in [5.41, 5.74) is 47.1. The second-order valence-corrected chi connectivity index (χ2v) is 34.1. The molecule has 14 heterocycles. The van der Waals surface area contributed by atoms with E-state index in [0.717, 1.165) is 132 Å². The lowest BCUT2D eigenvalue weighted by Gasteiger charge is -2.39. The third-order valence-electron chi connectivity index (χ3n) is 24.6. The van der Waals surface area contributed by atoms with E-state index >= 15 is 0 Å². The molecule has 8 N–H and O–H groups in total. The molecule has 3 fully saturated rings. The highest BCUT2D eigenvalue weighted by Gasteiger charge is 2.34. The summed E-state index contributed by atoms with van der Waals surface area (Å²) < 4.78 is 52.9. The molecule has 0 unspecified atom stereocenters. The number of fused-ring (bicyclic) bond motifs is 3. The fraction of sp³-hybridized carbons (Fsp3) is 0.290. The second-order valence-electron chi connectivity index (χ2n) is 34.1. The summed E-state index contributed by atoms with van der Waals surface area (Å²) in [5.74, 6) is 0.621. The Kier molecular flexibility index (Phi) is 26.6. The summed E-state index contributed by atoms with van der Waals surface area (Å²) in [5, 5.41) is 0. The van der Waals surface area contributed by atoms with E-state index in [1.165, 1.54) is 77.2 Å². The molecular formula is C100H103F4N19O4. The van der Waals surface area contributed by atoms with E-state index in [2.05, 4.69) is 126 Å². The molecule has 7 aliphatic heterocycles. The number of likely N-dealkylation sites (tertiary alicyclic amines) is 2. The maximum absolute atomic E-state index is 13.3. The second kappa shape index (κ2) is 38.9. The van der Waals surface area contributed by atoms with Crippen LogP contribution in [0.1, 0.15) is 116 Å². The van der Waals surface area contributed by atoms with Crippen LogP contribution in [0, 0.1) is 23.3 Å². The molecule has 650 valence electrons. The molecule has 27 heteroatoms. The molecule has 5 aromatic carbocycles. The number of piperidine rings is 1. The van der Waals surface area contributed by atoms with Crippen molar-refractivity contribution < 1.29 is 36.7 Å². The maximum atomic E-state index is 13.3. The predicted molar refractivity (Wildman–Crippen MR) is 486 cm³/mol. The number of carbonyl (C=O) groups excluding carboxylic acids is 4. The summed E-state index contributed by atoms with van der Waals surface area (Å²) in [6.07, 6.45) is 12.9. The zero-order valence-electron chi connectivity index (χ0n) is 71.8. The zero-order chi connectivity index (χ0) is 88.5. The number of anilines is 5. The number of hydrogen-bond acceptors (Lipinski definition) is 19. The Morgan fingerprint density at radius 3 is 1.16 bits per heavy atom. The van der Waals surface area contributed by atoms with E-state index in [-0.39, 0.29) is 72.6 Å². The van der Waals surface area contributed by atoms with E-state index in [1.54, 1.807) is 97.1 Å². The van der Waals surface area contributed by atoms with Crippen LogP contribution in [0.4, 0.5) is 46.1 Å². The average Bonchev–Trinajstić information content (AvgIpc) is 1.71. The summed E-state index contributed by atoms with van der Waals surface area (Å²) in [6, 6.07) is 53.7. The minimum absolute atomic E-state index is 0.0116. The van der Waals surface area contributed by atoms with Crippen molar-refractivity contribution in [3.8, 4) is 45.0 Å². The molecule has 0 saturated carbocycles. The van der Waals surface area contributed by atoms with Crippen molar-refractivity contribution in [3.05, 3.63) is 315 Å². The van der Waals surface area contributed by atoms with E-state index in [4.69, 9.17) is 27.9 Å². The molecule has 19 rings (SSSR count). The Balaban J connectivity index is 0.000000125. The number of hydrogen-bond donors (Lipinski definition) is 4. The highest BCUT2D eigenvalue weighted by molar-refractivity contribution is 5.84. The molecule has 4 amide bonds. The number of rotatable bonds is 18. The number of pyridine rings is 7. The minimum atomic E-state index is -0.303. The average molecular weight is 1710 g/mol. The van der Waals surface area contributed by atoms with E-state index < -0.39 is 0 Å². The Morgan fingerprint density at radius 1 is 0.394 bits per heavy atom. The summed E-state index contributed by atoms with van der Waals surface area (Å²) in [7, 11) is 8.39. The van der Waals surface area contributed by atoms with Crippen LogP contribution in [0.5, 0.6) is 0 Å². The quantitative estimate of drug-likeness (QED) is 0.0581. The van der Waals surface area contributed by atoms with Crippen LogP contribution in [0.3, 0.4) is 0 Å². The minimum Gasteiger partial charge on any atom is -0.397 e. The summed E-state index contributed by atoms with van der Waals surface area (Å²) in [4.78, 5) is 101. The van der Waals surface area contributed by atoms with Gasteiger partial charge in [0.2, 0.25) is 23.6 Å². The normalized spacial score (nSPS) is 15.5. The number of nitrogens with two attached hydrogens (primary N) is 4. The fourth-order valence-electron chi connectivity index (χ4n) is 16.7. The molecule has 23 nitrogen and oxygen atoms in total. The first-order valence-electron chi connectivity index (χ1n) is 43.0. The monoisotopic (exact) mass is 1710 g/mol. The van der Waals surface area contributed by atoms with Gasteiger partial charge in [0, 0.05) is 143 Å². The van der Waals surface area contributed by atoms with Crippen LogP contribution in [0.2, 0.25) is 0 Å². The molecule has 0 bridgehead atoms. The Morgan fingerprint density at radius 2 is 0.772 bits per heavy atom. The number of benzene rings is 5. The van der Waals surface area contributed by atoms with Crippen molar-refractivity contribution in [2.75, 3.05) is 108 Å². The molecule has 3 saturated heterocycles. The summed E-state index contributed by atoms with van der Waals surface area (Å²) in [6.45, 7) is 12.0. The van der Waals surface area contributed by atoms with Crippen LogP contribution in [-0.4, -0.2) is 173 Å². The Bertz CT molecular complexity index is 6050. The van der Waals surface area contributed by atoms with E-state index in [9.17, 15) is 36.7 Å². The van der Waals surface area contributed by atoms with Crippen molar-refractivity contribution in [1.82, 2.24) is 69.2 Å². The number of nitrogen functional groups attached to an aromatic ring is 4. The molecule has 12 aromatic rings. The highest BCUT2D eigenvalue weighted by Crippen LogP contribution is 2.36. The van der Waals surface area contributed by atoms with Gasteiger partial charge in [-0.3, -0.25) is 49.1 Å². The van der Waals surface area contributed by atoms with E-state index in [1.807, 2.05) is 38.2 Å². The SMILES string of the molecule is CN(C)Cc1ccc(C2CN(C(=O)Cc3nc(-c4ccc(F)cc4)ccc3N)C2)cc1.CN1CC=C(c2cc3c(cn2)CN(C(=O)Cc2nc(-c4ccc(F)cc4)ccc2N)C3)CC1.CN1CCC(c2cc3c(cn2)CN(C(=O)Cc2nc(-c4ccc(F)cc4)ccc2N)C3)CC1.Nc1ccc(-c2ccc(F)cc2)nc1CC(=O)N1Cc2cnc(N3CCC3)cc2C1. The molecule has 0 aliphatic carbocycles. The fourth-order valence-corrected chi connectivity index (χ4v) is 16.7. The lowest BCUT2D eigenvalue weighted by atomic mass is 9.90. The highest BCUT2D eigenvalue weighted by atomic mass is 19.1. The number of aromatic nitrogens is 7. The number of amides is 4. The van der Waals surface area contributed by atoms with Gasteiger partial charge in [-0.05, 0) is 281 Å². The van der Waals surface area contributed by atoms with Gasteiger partial charge in [0.25, 0.3) is 0 Å². The predicted octanol–water partition coefficient (Wildman–Crippen LogP) is 14.3. The summed E-state index contributed by atoms with van der Waals surface area (Å²) >= 11 is 0. The van der Waals surface area contributed by atoms with Gasteiger partial charge in [0.05, 0.1) is 99.7 Å². The lowest BCUT2D eigenvalue weighted by molar-refractivity contribution is -0.135. The lowest BCUT2D eigenvalue weighted by Crippen LogP contribution is -2.49. The number of likely N-dealkylation sites (N-methyl/N-ethyl adjacent to an activating group) is 1. The third kappa shape index (κ3) is 21.3. The van der Waals surface area contributed by atoms with Gasteiger partial charge in [-0.15, -0.1) is 0 Å². The topological polar surface area (TPSA) is 289 Å². The maximum Gasteiger partial charge on any atom is 0.229 e. The van der Waals surface area contributed by atoms with Gasteiger partial charge in [-0.25, -0.2) is 22.5 Å². The zero-order valence-corrected chi connectivity index (χ0v) is 71.8. The van der Waals surface area contributed by atoms with Gasteiger partial charge in [0.1, 0.15) is 29.1 Å². The number of halogens is 4. The van der Waals surface area contributed by atoms with Crippen LogP contribution in [0.15, 0.2) is 213 Å². The van der Waals surface area contributed by atoms with Crippen LogP contribution >= 0.6 is 0 Å². The molecule has 7 aromatic heterocycles. The smallest absolute Gasteiger partial charge is 0.229 e. The van der Waals surface area contributed by atoms with E-state index in [0.29, 0.717) is 132 Å². The first-order valence-corrected chi connectivity index (χ1v) is 43.0. The van der Waals surface area contributed by atoms with Crippen molar-refractivity contribution in [2.45, 2.75) is 109 Å². The van der Waals surface area contributed by atoms with Gasteiger partial charge < -0.3 is 62.1 Å². The molecule has 0 spiro atoms. The Hall–Kier alpha value is -13.6. The van der Waals surface area contributed by atoms with Gasteiger partial charge in [-0.2, -0.15) is 0 Å². The van der Waals surface area contributed by atoms with Crippen LogP contribution in [0.25, 0.3) is 50.6 Å². The standard InChI is InChI=1S/C26H28FN5O.C26H26FN5O.C25H27FN4O.C23H22FN5O/c2*1-31-10-8-18(9-11-31)24-12-19-15-32(16-20(19)14-29-24)26(33)13-25-22(28)6-7-23(30-25)17-2-4-21(27)5-3-17;1-29(2)14-17-3-5-18(6-4-17)20-15-30(16-20)25(31)13-24-22(27)11-12-23(28-24)19-7-9-21(26)10-8-19;24-18-4-2-15(3-5-18)20-7-6-19(25)21(27-20)11-23(30)29-13-16-10-22(28-8-1-9-28)26-12-17(16)14-29/h2-7,12,14,18H,8-11,13,15-16,28H2,1H3;2-8,12,14H,9-11,13,15-16,28H2,1H3;3-12,20H,13-16,27H2,1-2H3;2-7,10,12H,1,8-9,11,13-14,25H2. The molecule has 0 atom stereocenters. The molecule has 0 radical (unpaired) electrons. The molecule has 7 aliphatic rings. The third-order valence-corrected chi connectivity index (χ3v) is 24.6. The van der Waals surface area contributed by atoms with Crippen molar-refractivity contribution in [1.29, 1.82) is 0 Å². The Labute approximate surface area is 736 Å². The van der Waals surface area contributed by atoms with Gasteiger partial charge in [-0.1, -0.05) is 30.3 Å². The van der Waals surface area contributed by atoms with Crippen molar-refractivity contribution in [2.24, 2.45) is 0 Å².